The van der Waals surface area contributed by atoms with Crippen LogP contribution in [0.3, 0.4) is 0 Å². The number of hydrogen-bond acceptors (Lipinski definition) is 4. The molecule has 0 aliphatic carbocycles. The second kappa shape index (κ2) is 6.53. The van der Waals surface area contributed by atoms with Gasteiger partial charge in [0.1, 0.15) is 0 Å². The van der Waals surface area contributed by atoms with Crippen molar-refractivity contribution in [2.45, 2.75) is 26.0 Å². The first-order valence-corrected chi connectivity index (χ1v) is 7.99. The first kappa shape index (κ1) is 16.3. The molecule has 2 aromatic rings. The average molecular weight is 344 g/mol. The van der Waals surface area contributed by atoms with Crippen molar-refractivity contribution < 1.29 is 9.63 Å². The Morgan fingerprint density at radius 2 is 1.83 bits per heavy atom. The van der Waals surface area contributed by atoms with Crippen LogP contribution in [-0.4, -0.2) is 22.5 Å². The quantitative estimate of drug-likeness (QED) is 0.926. The lowest BCUT2D eigenvalue weighted by atomic mass is 10.1. The van der Waals surface area contributed by atoms with E-state index in [1.54, 1.807) is 17.1 Å². The molecule has 24 heavy (non-hydrogen) atoms. The van der Waals surface area contributed by atoms with Gasteiger partial charge in [-0.25, -0.2) is 5.01 Å². The molecule has 0 unspecified atom stereocenters. The standard InChI is InChI=1S/C18H18ClN3O2/c1-18(2)22(20-16(23)12-13-6-4-3-5-7-13)17(21-24-18)14-8-10-15(19)11-9-14/h3-11H,12H2,1-2H3,(H,20,23). The molecule has 0 spiro atoms. The Kier molecular flexibility index (Phi) is 4.44. The highest BCUT2D eigenvalue weighted by Gasteiger charge is 2.39. The number of halogens is 1. The molecule has 1 aliphatic rings. The van der Waals surface area contributed by atoms with Gasteiger partial charge in [0.15, 0.2) is 5.84 Å². The summed E-state index contributed by atoms with van der Waals surface area (Å²) >= 11 is 5.93. The highest BCUT2D eigenvalue weighted by atomic mass is 35.5. The van der Waals surface area contributed by atoms with Crippen LogP contribution in [0.4, 0.5) is 0 Å². The van der Waals surface area contributed by atoms with Gasteiger partial charge in [-0.3, -0.25) is 10.2 Å². The van der Waals surface area contributed by atoms with Gasteiger partial charge in [-0.1, -0.05) is 47.1 Å². The van der Waals surface area contributed by atoms with Gasteiger partial charge in [0.05, 0.1) is 6.42 Å². The molecule has 1 aliphatic heterocycles. The Hall–Kier alpha value is -2.53. The number of rotatable bonds is 4. The van der Waals surface area contributed by atoms with Crippen LogP contribution in [0.1, 0.15) is 25.0 Å². The first-order valence-electron chi connectivity index (χ1n) is 7.61. The zero-order valence-corrected chi connectivity index (χ0v) is 14.2. The summed E-state index contributed by atoms with van der Waals surface area (Å²) < 4.78 is 0. The fraction of sp³-hybridized carbons (Fsp3) is 0.222. The molecule has 0 radical (unpaired) electrons. The topological polar surface area (TPSA) is 53.9 Å². The molecule has 5 nitrogen and oxygen atoms in total. The predicted molar refractivity (Wildman–Crippen MR) is 93.3 cm³/mol. The number of amidine groups is 1. The van der Waals surface area contributed by atoms with E-state index in [1.165, 1.54) is 0 Å². The van der Waals surface area contributed by atoms with Crippen molar-refractivity contribution in [3.05, 3.63) is 70.7 Å². The summed E-state index contributed by atoms with van der Waals surface area (Å²) in [6.45, 7) is 3.67. The van der Waals surface area contributed by atoms with Gasteiger partial charge in [0.2, 0.25) is 11.6 Å². The maximum Gasteiger partial charge on any atom is 0.243 e. The minimum atomic E-state index is -0.776. The van der Waals surface area contributed by atoms with E-state index in [0.29, 0.717) is 10.9 Å². The fourth-order valence-corrected chi connectivity index (χ4v) is 2.53. The maximum atomic E-state index is 12.4. The fourth-order valence-electron chi connectivity index (χ4n) is 2.41. The number of carbonyl (C=O) groups is 1. The number of hydrazine groups is 1. The minimum absolute atomic E-state index is 0.138. The molecule has 0 atom stereocenters. The highest BCUT2D eigenvalue weighted by Crippen LogP contribution is 2.25. The number of oxime groups is 1. The predicted octanol–water partition coefficient (Wildman–Crippen LogP) is 3.34. The van der Waals surface area contributed by atoms with Gasteiger partial charge in [0, 0.05) is 10.6 Å². The van der Waals surface area contributed by atoms with Gasteiger partial charge in [-0.15, -0.1) is 0 Å². The summed E-state index contributed by atoms with van der Waals surface area (Å²) in [5.74, 6) is 0.402. The molecule has 1 heterocycles. The Bertz CT molecular complexity index is 758. The van der Waals surface area contributed by atoms with Crippen molar-refractivity contribution in [1.82, 2.24) is 10.4 Å². The molecule has 0 bridgehead atoms. The molecular formula is C18H18ClN3O2. The van der Waals surface area contributed by atoms with Crippen molar-refractivity contribution in [3.8, 4) is 0 Å². The number of hydrogen-bond donors (Lipinski definition) is 1. The summed E-state index contributed by atoms with van der Waals surface area (Å²) in [5, 5.41) is 6.39. The van der Waals surface area contributed by atoms with E-state index in [4.69, 9.17) is 16.4 Å². The van der Waals surface area contributed by atoms with Crippen molar-refractivity contribution in [1.29, 1.82) is 0 Å². The van der Waals surface area contributed by atoms with E-state index in [0.717, 1.165) is 11.1 Å². The van der Waals surface area contributed by atoms with Crippen molar-refractivity contribution >= 4 is 23.3 Å². The van der Waals surface area contributed by atoms with Crippen LogP contribution in [0.25, 0.3) is 0 Å². The Morgan fingerprint density at radius 1 is 1.17 bits per heavy atom. The lowest BCUT2D eigenvalue weighted by Crippen LogP contribution is -2.55. The van der Waals surface area contributed by atoms with E-state index in [1.807, 2.05) is 56.3 Å². The molecule has 124 valence electrons. The smallest absolute Gasteiger partial charge is 0.243 e. The number of benzene rings is 2. The second-order valence-electron chi connectivity index (χ2n) is 5.99. The second-order valence-corrected chi connectivity index (χ2v) is 6.43. The minimum Gasteiger partial charge on any atom is -0.364 e. The van der Waals surface area contributed by atoms with E-state index >= 15 is 0 Å². The molecule has 0 aromatic heterocycles. The van der Waals surface area contributed by atoms with Crippen LogP contribution in [-0.2, 0) is 16.1 Å². The molecular weight excluding hydrogens is 326 g/mol. The number of nitrogens with one attached hydrogen (secondary N) is 1. The van der Waals surface area contributed by atoms with E-state index in [2.05, 4.69) is 10.6 Å². The first-order chi connectivity index (χ1) is 11.5. The molecule has 1 amide bonds. The number of nitrogens with zero attached hydrogens (tertiary/aromatic N) is 2. The largest absolute Gasteiger partial charge is 0.364 e. The SMILES string of the molecule is CC1(C)ON=C(c2ccc(Cl)cc2)N1NC(=O)Cc1ccccc1. The normalized spacial score (nSPS) is 15.6. The zero-order chi connectivity index (χ0) is 17.2. The van der Waals surface area contributed by atoms with E-state index in [9.17, 15) is 4.79 Å². The van der Waals surface area contributed by atoms with Crippen LogP contribution in [0.5, 0.6) is 0 Å². The van der Waals surface area contributed by atoms with Crippen molar-refractivity contribution in [2.24, 2.45) is 5.16 Å². The third-order valence-corrected chi connectivity index (χ3v) is 3.90. The van der Waals surface area contributed by atoms with Crippen LogP contribution < -0.4 is 5.43 Å². The Balaban J connectivity index is 1.77. The number of amides is 1. The van der Waals surface area contributed by atoms with Crippen LogP contribution in [0.2, 0.25) is 5.02 Å². The van der Waals surface area contributed by atoms with Gasteiger partial charge in [-0.2, -0.15) is 0 Å². The summed E-state index contributed by atoms with van der Waals surface area (Å²) in [4.78, 5) is 17.9. The summed E-state index contributed by atoms with van der Waals surface area (Å²) in [6.07, 6.45) is 0.279. The lowest BCUT2D eigenvalue weighted by molar-refractivity contribution is -0.134. The van der Waals surface area contributed by atoms with Crippen molar-refractivity contribution in [2.75, 3.05) is 0 Å². The molecule has 2 aromatic carbocycles. The summed E-state index contributed by atoms with van der Waals surface area (Å²) in [5.41, 5.74) is 3.86. The summed E-state index contributed by atoms with van der Waals surface area (Å²) in [7, 11) is 0. The average Bonchev–Trinajstić information content (AvgIpc) is 2.84. The Labute approximate surface area is 145 Å². The van der Waals surface area contributed by atoms with Gasteiger partial charge >= 0.3 is 0 Å². The van der Waals surface area contributed by atoms with Crippen LogP contribution in [0.15, 0.2) is 59.8 Å². The molecule has 6 heteroatoms. The zero-order valence-electron chi connectivity index (χ0n) is 13.5. The van der Waals surface area contributed by atoms with Gasteiger partial charge in [-0.05, 0) is 43.7 Å². The molecule has 0 fully saturated rings. The van der Waals surface area contributed by atoms with Crippen LogP contribution in [0, 0.1) is 0 Å². The number of carbonyl (C=O) groups excluding carboxylic acids is 1. The monoisotopic (exact) mass is 343 g/mol. The van der Waals surface area contributed by atoms with Crippen molar-refractivity contribution in [3.63, 3.8) is 0 Å². The van der Waals surface area contributed by atoms with E-state index < -0.39 is 5.72 Å². The molecule has 1 N–H and O–H groups in total. The highest BCUT2D eigenvalue weighted by molar-refractivity contribution is 6.30. The van der Waals surface area contributed by atoms with Gasteiger partial charge in [0.25, 0.3) is 0 Å². The Morgan fingerprint density at radius 3 is 2.50 bits per heavy atom. The summed E-state index contributed by atoms with van der Waals surface area (Å²) in [6, 6.07) is 16.8. The third-order valence-electron chi connectivity index (χ3n) is 3.65. The molecule has 0 saturated carbocycles. The van der Waals surface area contributed by atoms with Gasteiger partial charge < -0.3 is 4.84 Å². The van der Waals surface area contributed by atoms with Crippen LogP contribution >= 0.6 is 11.6 Å². The lowest BCUT2D eigenvalue weighted by Gasteiger charge is -2.31. The third kappa shape index (κ3) is 3.51. The maximum absolute atomic E-state index is 12.4. The molecule has 0 saturated heterocycles. The van der Waals surface area contributed by atoms with E-state index in [-0.39, 0.29) is 12.3 Å². The molecule has 3 rings (SSSR count).